The predicted octanol–water partition coefficient (Wildman–Crippen LogP) is 3.63. The Morgan fingerprint density at radius 3 is 2.55 bits per heavy atom. The number of hydrogen-bond acceptors (Lipinski definition) is 2. The first kappa shape index (κ1) is 14.9. The zero-order chi connectivity index (χ0) is 14.9. The number of nitrogens with one attached hydrogen (secondary N) is 1. The molecule has 0 heterocycles. The Balaban J connectivity index is 2.11. The number of hydrogen-bond donors (Lipinski definition) is 1. The second kappa shape index (κ2) is 5.47. The molecule has 1 aliphatic rings. The fourth-order valence-electron chi connectivity index (χ4n) is 3.30. The van der Waals surface area contributed by atoms with E-state index in [1.54, 1.807) is 19.0 Å². The average molecular weight is 274 g/mol. The number of rotatable bonds is 3. The lowest BCUT2D eigenvalue weighted by Gasteiger charge is -2.20. The molecule has 1 aliphatic carbocycles. The van der Waals surface area contributed by atoms with Gasteiger partial charge in [0.25, 0.3) is 5.91 Å². The van der Waals surface area contributed by atoms with E-state index in [0.717, 1.165) is 11.3 Å². The first-order chi connectivity index (χ1) is 9.28. The summed E-state index contributed by atoms with van der Waals surface area (Å²) in [7, 11) is 3.56. The molecule has 1 N–H and O–H groups in total. The van der Waals surface area contributed by atoms with Crippen LogP contribution in [0.1, 0.15) is 44.0 Å². The van der Waals surface area contributed by atoms with Gasteiger partial charge in [0, 0.05) is 31.4 Å². The zero-order valence-electron chi connectivity index (χ0n) is 13.2. The molecule has 1 aromatic rings. The van der Waals surface area contributed by atoms with Gasteiger partial charge in [-0.2, -0.15) is 0 Å². The van der Waals surface area contributed by atoms with Crippen molar-refractivity contribution >= 4 is 11.6 Å². The standard InChI is InChI=1S/C17H26N2O/c1-12-10-17(2,3)11-15(12)18-14-8-6-7-13(9-14)16(20)19(4)5/h6-9,12,15,18H,10-11H2,1-5H3. The second-order valence-corrected chi connectivity index (χ2v) is 7.08. The molecule has 1 amide bonds. The van der Waals surface area contributed by atoms with Crippen LogP contribution in [0.3, 0.4) is 0 Å². The maximum absolute atomic E-state index is 12.0. The summed E-state index contributed by atoms with van der Waals surface area (Å²) in [6.07, 6.45) is 2.43. The highest BCUT2D eigenvalue weighted by atomic mass is 16.2. The number of benzene rings is 1. The second-order valence-electron chi connectivity index (χ2n) is 7.08. The van der Waals surface area contributed by atoms with Gasteiger partial charge in [0.15, 0.2) is 0 Å². The van der Waals surface area contributed by atoms with Gasteiger partial charge in [0.05, 0.1) is 0 Å². The van der Waals surface area contributed by atoms with Crippen LogP contribution in [0.4, 0.5) is 5.69 Å². The minimum Gasteiger partial charge on any atom is -0.382 e. The minimum atomic E-state index is 0.0495. The molecule has 1 saturated carbocycles. The van der Waals surface area contributed by atoms with Crippen molar-refractivity contribution in [3.63, 3.8) is 0 Å². The number of carbonyl (C=O) groups excluding carboxylic acids is 1. The number of anilines is 1. The Kier molecular flexibility index (Phi) is 4.07. The maximum atomic E-state index is 12.0. The number of amides is 1. The van der Waals surface area contributed by atoms with Crippen LogP contribution >= 0.6 is 0 Å². The van der Waals surface area contributed by atoms with E-state index in [9.17, 15) is 4.79 Å². The van der Waals surface area contributed by atoms with E-state index in [4.69, 9.17) is 0 Å². The monoisotopic (exact) mass is 274 g/mol. The van der Waals surface area contributed by atoms with E-state index in [1.165, 1.54) is 12.8 Å². The molecule has 0 radical (unpaired) electrons. The Labute approximate surface area is 122 Å². The molecule has 20 heavy (non-hydrogen) atoms. The van der Waals surface area contributed by atoms with Gasteiger partial charge in [-0.1, -0.05) is 26.8 Å². The molecule has 2 rings (SSSR count). The topological polar surface area (TPSA) is 32.3 Å². The van der Waals surface area contributed by atoms with E-state index in [-0.39, 0.29) is 5.91 Å². The third-order valence-electron chi connectivity index (χ3n) is 4.20. The molecule has 1 fully saturated rings. The number of nitrogens with zero attached hydrogens (tertiary/aromatic N) is 1. The van der Waals surface area contributed by atoms with Gasteiger partial charge in [0.2, 0.25) is 0 Å². The van der Waals surface area contributed by atoms with Gasteiger partial charge < -0.3 is 10.2 Å². The average Bonchev–Trinajstić information content (AvgIpc) is 2.61. The van der Waals surface area contributed by atoms with Crippen molar-refractivity contribution in [2.24, 2.45) is 11.3 Å². The maximum Gasteiger partial charge on any atom is 0.253 e. The lowest BCUT2D eigenvalue weighted by molar-refractivity contribution is 0.0827. The number of carbonyl (C=O) groups is 1. The Bertz CT molecular complexity index is 494. The van der Waals surface area contributed by atoms with Crippen LogP contribution < -0.4 is 5.32 Å². The largest absolute Gasteiger partial charge is 0.382 e. The van der Waals surface area contributed by atoms with Crippen molar-refractivity contribution in [1.82, 2.24) is 4.90 Å². The van der Waals surface area contributed by atoms with E-state index in [0.29, 0.717) is 17.4 Å². The molecule has 2 unspecified atom stereocenters. The SMILES string of the molecule is CC1CC(C)(C)CC1Nc1cccc(C(=O)N(C)C)c1. The summed E-state index contributed by atoms with van der Waals surface area (Å²) < 4.78 is 0. The van der Waals surface area contributed by atoms with Gasteiger partial charge in [0.1, 0.15) is 0 Å². The lowest BCUT2D eigenvalue weighted by Crippen LogP contribution is -2.24. The molecule has 3 nitrogen and oxygen atoms in total. The van der Waals surface area contributed by atoms with E-state index < -0.39 is 0 Å². The van der Waals surface area contributed by atoms with E-state index in [2.05, 4.69) is 26.1 Å². The van der Waals surface area contributed by atoms with Crippen LogP contribution in [0.25, 0.3) is 0 Å². The first-order valence-corrected chi connectivity index (χ1v) is 7.37. The molecular weight excluding hydrogens is 248 g/mol. The van der Waals surface area contributed by atoms with Crippen molar-refractivity contribution in [2.75, 3.05) is 19.4 Å². The van der Waals surface area contributed by atoms with Crippen molar-refractivity contribution in [1.29, 1.82) is 0 Å². The molecule has 110 valence electrons. The van der Waals surface area contributed by atoms with E-state index >= 15 is 0 Å². The zero-order valence-corrected chi connectivity index (χ0v) is 13.2. The lowest BCUT2D eigenvalue weighted by atomic mass is 9.91. The predicted molar refractivity (Wildman–Crippen MR) is 84.0 cm³/mol. The molecular formula is C17H26N2O. The van der Waals surface area contributed by atoms with E-state index in [1.807, 2.05) is 24.3 Å². The van der Waals surface area contributed by atoms with Crippen molar-refractivity contribution in [2.45, 2.75) is 39.7 Å². The summed E-state index contributed by atoms with van der Waals surface area (Å²) in [5.74, 6) is 0.714. The normalized spacial score (nSPS) is 24.4. The third-order valence-corrected chi connectivity index (χ3v) is 4.20. The Morgan fingerprint density at radius 2 is 2.00 bits per heavy atom. The molecule has 1 aromatic carbocycles. The van der Waals surface area contributed by atoms with Gasteiger partial charge in [-0.15, -0.1) is 0 Å². The summed E-state index contributed by atoms with van der Waals surface area (Å²) >= 11 is 0. The molecule has 0 saturated heterocycles. The summed E-state index contributed by atoms with van der Waals surface area (Å²) in [6, 6.07) is 8.32. The van der Waals surface area contributed by atoms with Crippen molar-refractivity contribution < 1.29 is 4.79 Å². The molecule has 0 spiro atoms. The Morgan fingerprint density at radius 1 is 1.30 bits per heavy atom. The Hall–Kier alpha value is -1.51. The van der Waals surface area contributed by atoms with Gasteiger partial charge in [-0.25, -0.2) is 0 Å². The van der Waals surface area contributed by atoms with Crippen LogP contribution in [0.5, 0.6) is 0 Å². The van der Waals surface area contributed by atoms with Gasteiger partial charge in [-0.3, -0.25) is 4.79 Å². The molecule has 0 aromatic heterocycles. The molecule has 2 atom stereocenters. The van der Waals surface area contributed by atoms with Crippen molar-refractivity contribution in [3.8, 4) is 0 Å². The van der Waals surface area contributed by atoms with Gasteiger partial charge >= 0.3 is 0 Å². The summed E-state index contributed by atoms with van der Waals surface area (Å²) in [5.41, 5.74) is 2.20. The molecule has 0 aliphatic heterocycles. The van der Waals surface area contributed by atoms with Crippen LogP contribution in [0.15, 0.2) is 24.3 Å². The van der Waals surface area contributed by atoms with Crippen LogP contribution in [0.2, 0.25) is 0 Å². The smallest absolute Gasteiger partial charge is 0.253 e. The first-order valence-electron chi connectivity index (χ1n) is 7.37. The highest BCUT2D eigenvalue weighted by Gasteiger charge is 2.36. The summed E-state index contributed by atoms with van der Waals surface area (Å²) in [4.78, 5) is 13.6. The summed E-state index contributed by atoms with van der Waals surface area (Å²) in [5, 5.41) is 3.61. The van der Waals surface area contributed by atoms with Crippen molar-refractivity contribution in [3.05, 3.63) is 29.8 Å². The highest BCUT2D eigenvalue weighted by Crippen LogP contribution is 2.42. The fourth-order valence-corrected chi connectivity index (χ4v) is 3.30. The minimum absolute atomic E-state index is 0.0495. The van der Waals surface area contributed by atoms with Gasteiger partial charge in [-0.05, 0) is 42.4 Å². The van der Waals surface area contributed by atoms with Crippen LogP contribution in [-0.2, 0) is 0 Å². The third kappa shape index (κ3) is 3.33. The molecule has 3 heteroatoms. The quantitative estimate of drug-likeness (QED) is 0.913. The van der Waals surface area contributed by atoms with Crippen LogP contribution in [0, 0.1) is 11.3 Å². The van der Waals surface area contributed by atoms with Crippen LogP contribution in [-0.4, -0.2) is 30.9 Å². The molecule has 0 bridgehead atoms. The fraction of sp³-hybridized carbons (Fsp3) is 0.588. The summed E-state index contributed by atoms with van der Waals surface area (Å²) in [6.45, 7) is 6.97. The highest BCUT2D eigenvalue weighted by molar-refractivity contribution is 5.94.